The van der Waals surface area contributed by atoms with Gasteiger partial charge >= 0.3 is 0 Å². The van der Waals surface area contributed by atoms with Crippen molar-refractivity contribution < 1.29 is 0 Å². The minimum Gasteiger partial charge on any atom is -0.368 e. The Hall–Kier alpha value is -3.49. The summed E-state index contributed by atoms with van der Waals surface area (Å²) in [5.74, 6) is 0.498. The molecular weight excluding hydrogens is 496 g/mol. The molecule has 5 aromatic carbocycles. The molecule has 0 N–H and O–H groups in total. The highest BCUT2D eigenvalue weighted by molar-refractivity contribution is 6.30. The molecule has 2 nitrogen and oxygen atoms in total. The van der Waals surface area contributed by atoms with Gasteiger partial charge in [-0.15, -0.1) is 0 Å². The molecule has 7 rings (SSSR count). The first kappa shape index (κ1) is 24.5. The van der Waals surface area contributed by atoms with Crippen LogP contribution in [-0.2, 0) is 12.8 Å². The lowest BCUT2D eigenvalue weighted by molar-refractivity contribution is 0.264. The van der Waals surface area contributed by atoms with Gasteiger partial charge in [-0.25, -0.2) is 0 Å². The normalized spacial score (nSPS) is 18.9. The van der Waals surface area contributed by atoms with Gasteiger partial charge in [0.25, 0.3) is 0 Å². The quantitative estimate of drug-likeness (QED) is 0.215. The van der Waals surface area contributed by atoms with Gasteiger partial charge in [0.05, 0.1) is 0 Å². The number of rotatable bonds is 3. The van der Waals surface area contributed by atoms with E-state index in [-0.39, 0.29) is 5.41 Å². The average molecular weight is 531 g/mol. The summed E-state index contributed by atoms with van der Waals surface area (Å²) in [6.45, 7) is 9.05. The summed E-state index contributed by atoms with van der Waals surface area (Å²) < 4.78 is 0. The minimum atomic E-state index is 0.179. The van der Waals surface area contributed by atoms with E-state index in [9.17, 15) is 0 Å². The number of fused-ring (bicyclic) bond motifs is 5. The van der Waals surface area contributed by atoms with E-state index in [0.29, 0.717) is 5.92 Å². The molecule has 1 aliphatic carbocycles. The van der Waals surface area contributed by atoms with Crippen molar-refractivity contribution >= 4 is 44.5 Å². The van der Waals surface area contributed by atoms with Gasteiger partial charge in [0.2, 0.25) is 0 Å². The van der Waals surface area contributed by atoms with E-state index in [1.165, 1.54) is 44.0 Å². The first-order valence-electron chi connectivity index (χ1n) is 14.2. The van der Waals surface area contributed by atoms with Gasteiger partial charge in [-0.2, -0.15) is 0 Å². The zero-order chi connectivity index (χ0) is 26.6. The van der Waals surface area contributed by atoms with Gasteiger partial charge in [-0.3, -0.25) is 0 Å². The van der Waals surface area contributed by atoms with Crippen molar-refractivity contribution in [3.05, 3.63) is 119 Å². The standard InChI is InChI=1S/C36H35ClN2/c1-36(2)24-34-26(11-17-32-31-9-4-3-6-25(31)10-16-33(32)34)23-35(36)27-7-5-8-30(22-27)39-20-18-38(19-21-39)29-14-12-28(37)13-15-29/h3-17,22,35H,18-21,23-24H2,1-2H3. The van der Waals surface area contributed by atoms with Crippen molar-refractivity contribution in [2.24, 2.45) is 5.41 Å². The van der Waals surface area contributed by atoms with Crippen LogP contribution in [0.1, 0.15) is 36.5 Å². The highest BCUT2D eigenvalue weighted by Gasteiger charge is 2.37. The van der Waals surface area contributed by atoms with E-state index < -0.39 is 0 Å². The smallest absolute Gasteiger partial charge is 0.0407 e. The van der Waals surface area contributed by atoms with Crippen LogP contribution in [0.3, 0.4) is 0 Å². The first-order valence-corrected chi connectivity index (χ1v) is 14.6. The molecule has 0 radical (unpaired) electrons. The lowest BCUT2D eigenvalue weighted by Crippen LogP contribution is -2.46. The van der Waals surface area contributed by atoms with Crippen LogP contribution in [0.2, 0.25) is 5.02 Å². The molecule has 0 amide bonds. The number of halogens is 1. The van der Waals surface area contributed by atoms with Gasteiger partial charge < -0.3 is 9.80 Å². The molecular formula is C36H35ClN2. The molecule has 1 atom stereocenters. The highest BCUT2D eigenvalue weighted by Crippen LogP contribution is 2.48. The predicted molar refractivity (Wildman–Crippen MR) is 168 cm³/mol. The topological polar surface area (TPSA) is 6.48 Å². The molecule has 196 valence electrons. The SMILES string of the molecule is CC1(C)Cc2c(ccc3c2ccc2ccccc23)CC1c1cccc(N2CCN(c3ccc(Cl)cc3)CC2)c1. The van der Waals surface area contributed by atoms with Crippen molar-refractivity contribution in [1.29, 1.82) is 0 Å². The number of hydrogen-bond donors (Lipinski definition) is 0. The minimum absolute atomic E-state index is 0.179. The second-order valence-electron chi connectivity index (χ2n) is 12.1. The number of benzene rings is 5. The molecule has 2 aliphatic rings. The Labute approximate surface area is 236 Å². The lowest BCUT2D eigenvalue weighted by Gasteiger charge is -2.41. The molecule has 1 fully saturated rings. The summed E-state index contributed by atoms with van der Waals surface area (Å²) >= 11 is 6.10. The fourth-order valence-electron chi connectivity index (χ4n) is 7.05. The monoisotopic (exact) mass is 530 g/mol. The molecule has 0 aromatic heterocycles. The maximum absolute atomic E-state index is 6.10. The Morgan fingerprint density at radius 1 is 0.667 bits per heavy atom. The first-order chi connectivity index (χ1) is 19.0. The van der Waals surface area contributed by atoms with Crippen LogP contribution >= 0.6 is 11.6 Å². The Balaban J connectivity index is 1.15. The van der Waals surface area contributed by atoms with Crippen LogP contribution in [-0.4, -0.2) is 26.2 Å². The Kier molecular flexibility index (Phi) is 6.05. The third-order valence-corrected chi connectivity index (χ3v) is 9.50. The molecule has 1 aliphatic heterocycles. The Morgan fingerprint density at radius 3 is 2.18 bits per heavy atom. The number of nitrogens with zero attached hydrogens (tertiary/aromatic N) is 2. The highest BCUT2D eigenvalue weighted by atomic mass is 35.5. The number of hydrogen-bond acceptors (Lipinski definition) is 2. The molecule has 0 saturated carbocycles. The number of anilines is 2. The summed E-state index contributed by atoms with van der Waals surface area (Å²) in [5, 5.41) is 6.31. The van der Waals surface area contributed by atoms with Gasteiger partial charge in [0.15, 0.2) is 0 Å². The Morgan fingerprint density at radius 2 is 1.38 bits per heavy atom. The van der Waals surface area contributed by atoms with Crippen molar-refractivity contribution in [1.82, 2.24) is 0 Å². The van der Waals surface area contributed by atoms with Crippen LogP contribution in [0.5, 0.6) is 0 Å². The molecule has 1 heterocycles. The third-order valence-electron chi connectivity index (χ3n) is 9.24. The predicted octanol–water partition coefficient (Wildman–Crippen LogP) is 8.88. The summed E-state index contributed by atoms with van der Waals surface area (Å²) in [7, 11) is 0. The maximum Gasteiger partial charge on any atom is 0.0407 e. The molecule has 0 bridgehead atoms. The van der Waals surface area contributed by atoms with Crippen molar-refractivity contribution in [2.75, 3.05) is 36.0 Å². The van der Waals surface area contributed by atoms with Crippen molar-refractivity contribution in [3.8, 4) is 0 Å². The number of piperazine rings is 1. The summed E-state index contributed by atoms with van der Waals surface area (Å²) in [4.78, 5) is 5.02. The zero-order valence-electron chi connectivity index (χ0n) is 22.8. The van der Waals surface area contributed by atoms with Crippen molar-refractivity contribution in [3.63, 3.8) is 0 Å². The third kappa shape index (κ3) is 4.45. The molecule has 5 aromatic rings. The van der Waals surface area contributed by atoms with Crippen molar-refractivity contribution in [2.45, 2.75) is 32.6 Å². The van der Waals surface area contributed by atoms with Gasteiger partial charge in [-0.1, -0.05) is 86.1 Å². The van der Waals surface area contributed by atoms with Crippen LogP contribution in [0.15, 0.2) is 97.1 Å². The van der Waals surface area contributed by atoms with Gasteiger partial charge in [0, 0.05) is 42.6 Å². The zero-order valence-corrected chi connectivity index (χ0v) is 23.6. The molecule has 39 heavy (non-hydrogen) atoms. The van der Waals surface area contributed by atoms with E-state index in [4.69, 9.17) is 11.6 Å². The van der Waals surface area contributed by atoms with E-state index >= 15 is 0 Å². The maximum atomic E-state index is 6.10. The second-order valence-corrected chi connectivity index (χ2v) is 12.5. The summed E-state index contributed by atoms with van der Waals surface area (Å²) in [5.41, 5.74) is 7.34. The molecule has 3 heteroatoms. The van der Waals surface area contributed by atoms with E-state index in [1.807, 2.05) is 12.1 Å². The van der Waals surface area contributed by atoms with E-state index in [2.05, 4.69) is 109 Å². The second kappa shape index (κ2) is 9.61. The van der Waals surface area contributed by atoms with Gasteiger partial charge in [0.1, 0.15) is 0 Å². The fraction of sp³-hybridized carbons (Fsp3) is 0.278. The van der Waals surface area contributed by atoms with Crippen LogP contribution in [0.25, 0.3) is 21.5 Å². The Bertz CT molecular complexity index is 1660. The molecule has 1 saturated heterocycles. The summed E-state index contributed by atoms with van der Waals surface area (Å²) in [6.07, 6.45) is 2.20. The molecule has 0 spiro atoms. The van der Waals surface area contributed by atoms with E-state index in [1.54, 1.807) is 5.56 Å². The lowest BCUT2D eigenvalue weighted by atomic mass is 9.63. The van der Waals surface area contributed by atoms with Crippen LogP contribution < -0.4 is 9.80 Å². The van der Waals surface area contributed by atoms with Crippen LogP contribution in [0.4, 0.5) is 11.4 Å². The fourth-order valence-corrected chi connectivity index (χ4v) is 7.18. The largest absolute Gasteiger partial charge is 0.368 e. The molecule has 1 unspecified atom stereocenters. The average Bonchev–Trinajstić information content (AvgIpc) is 2.97. The van der Waals surface area contributed by atoms with E-state index in [0.717, 1.165) is 44.0 Å². The van der Waals surface area contributed by atoms with Gasteiger partial charge in [-0.05, 0) is 98.8 Å². The summed E-state index contributed by atoms with van der Waals surface area (Å²) in [6, 6.07) is 35.9. The van der Waals surface area contributed by atoms with Crippen LogP contribution in [0, 0.1) is 5.41 Å².